The third-order valence-corrected chi connectivity index (χ3v) is 16.1. The number of aliphatic imine (C=N–C) groups is 1. The number of nitrogens with zero attached hydrogens (tertiary/aromatic N) is 12. The maximum absolute atomic E-state index is 12.3. The van der Waals surface area contributed by atoms with Gasteiger partial charge in [0, 0.05) is 80.6 Å². The summed E-state index contributed by atoms with van der Waals surface area (Å²) in [5.41, 5.74) is 33.4. The van der Waals surface area contributed by atoms with Crippen LogP contribution in [0.15, 0.2) is 309 Å². The van der Waals surface area contributed by atoms with E-state index in [2.05, 4.69) is 76.9 Å². The number of para-hydroxylation sites is 10. The summed E-state index contributed by atoms with van der Waals surface area (Å²) >= 11 is 4.95. The first kappa shape index (κ1) is 72.9. The first-order valence-corrected chi connectivity index (χ1v) is 33.9. The highest BCUT2D eigenvalue weighted by molar-refractivity contribution is 6.61. The molecule has 0 aliphatic carbocycles. The second kappa shape index (κ2) is 34.8. The first-order chi connectivity index (χ1) is 52.5. The molecule has 0 saturated heterocycles. The van der Waals surface area contributed by atoms with Gasteiger partial charge in [0.2, 0.25) is 0 Å². The molecule has 538 valence electrons. The molecule has 1 aliphatic heterocycles. The second-order valence-corrected chi connectivity index (χ2v) is 24.2. The molecule has 16 aromatic rings. The number of hydrogen-bond donors (Lipinski definition) is 8. The number of nitrogens with two attached hydrogens (primary N) is 3. The number of fused-ring (bicyclic) bond motifs is 4. The molecule has 11 N–H and O–H groups in total. The van der Waals surface area contributed by atoms with Crippen molar-refractivity contribution in [2.24, 2.45) is 10.7 Å². The molecule has 0 saturated carbocycles. The molecule has 1 aliphatic rings. The van der Waals surface area contributed by atoms with Crippen LogP contribution in [-0.2, 0) is 0 Å². The number of hydrogen-bond acceptors (Lipinski definition) is 16. The zero-order chi connectivity index (χ0) is 75.3. The van der Waals surface area contributed by atoms with Gasteiger partial charge in [0.05, 0.1) is 50.7 Å². The highest BCUT2D eigenvalue weighted by Gasteiger charge is 2.14. The molecule has 17 rings (SSSR count). The van der Waals surface area contributed by atoms with Crippen molar-refractivity contribution in [1.29, 1.82) is 0 Å². The Labute approximate surface area is 623 Å². The van der Waals surface area contributed by atoms with Gasteiger partial charge < -0.3 is 37.3 Å². The number of anilines is 6. The quantitative estimate of drug-likeness (QED) is 0.0466. The van der Waals surface area contributed by atoms with Crippen LogP contribution in [0.25, 0.3) is 66.9 Å². The molecule has 10 aromatic carbocycles. The summed E-state index contributed by atoms with van der Waals surface area (Å²) < 4.78 is 19.1. The number of carbonyl (C=O) groups excluding carboxylic acids is 4. The van der Waals surface area contributed by atoms with Gasteiger partial charge in [0.25, 0.3) is 0 Å². The average Bonchev–Trinajstić information content (AvgIpc) is 1.67. The van der Waals surface area contributed by atoms with E-state index >= 15 is 0 Å². The van der Waals surface area contributed by atoms with Crippen LogP contribution in [0.1, 0.15) is 18.3 Å². The van der Waals surface area contributed by atoms with E-state index in [1.807, 2.05) is 252 Å². The zero-order valence-corrected chi connectivity index (χ0v) is 59.2. The Kier molecular flexibility index (Phi) is 23.5. The maximum atomic E-state index is 12.3. The summed E-state index contributed by atoms with van der Waals surface area (Å²) in [6.07, 6.45) is 8.56. The van der Waals surface area contributed by atoms with E-state index in [1.165, 1.54) is 10.3 Å². The Hall–Kier alpha value is -14.9. The van der Waals surface area contributed by atoms with E-state index in [4.69, 9.17) is 33.5 Å². The summed E-state index contributed by atoms with van der Waals surface area (Å²) in [6, 6.07) is 82.5. The number of aromatic nitrogens is 12. The van der Waals surface area contributed by atoms with Gasteiger partial charge in [-0.15, -0.1) is 5.10 Å². The highest BCUT2D eigenvalue weighted by atomic mass is 35.5. The maximum Gasteiger partial charge on any atom is 0.417 e. The Morgan fingerprint density at radius 3 is 1.19 bits per heavy atom. The molecular weight excluding hydrogens is 1380 g/mol. The minimum Gasteiger partial charge on any atom is -0.415 e. The number of benzene rings is 10. The minimum absolute atomic E-state index is 0.315. The van der Waals surface area contributed by atoms with Crippen LogP contribution in [-0.4, -0.2) is 94.1 Å². The highest BCUT2D eigenvalue weighted by Crippen LogP contribution is 2.25. The number of aromatic amines is 1. The number of nitrogen functional groups attached to an aromatic ring is 2. The van der Waals surface area contributed by atoms with Crippen LogP contribution in [0.2, 0.25) is 0 Å². The van der Waals surface area contributed by atoms with Crippen molar-refractivity contribution in [1.82, 2.24) is 58.2 Å². The van der Waals surface area contributed by atoms with Gasteiger partial charge in [0.1, 0.15) is 48.5 Å². The number of aryl methyl sites for hydroxylation is 2. The molecule has 6 aromatic heterocycles. The van der Waals surface area contributed by atoms with Gasteiger partial charge in [-0.25, -0.2) is 39.1 Å². The standard InChI is InChI=1S/C20H15N3O2.2C18H16N6O.C13H11N3.C7H5ClO2.C5H8N2/c24-20(25-17-6-2-1-3-7-17)22-15-10-12-16(13-11-15)23-14-21-18-8-4-5-9-19(18)23;1-12-10-17(19)22-24(12)18(25)21-13-6-8-14(9-7-13)23-11-20-15-4-2-3-5-16(15)23;1-12-10-17(23-22-12)21-18(25)20-13-6-8-14(9-7-13)24-11-19-15-4-2-3-5-16(15)24;14-10-5-7-11(8-6-10)16-9-15-12-3-1-2-4-13(12)16;8-7(9)10-6-4-2-1-3-5-6;1-4-2-5(6)7-3-4/h1-14H,(H,22,24);2-11H,1H3,(H2,19,22)(H,21,25);2-11H,1H3,(H3,20,21,22,23,25);1-9H,14H2;1-5H;2H,3H2,1H3,(H2,6,7). The van der Waals surface area contributed by atoms with E-state index in [0.717, 1.165) is 84.8 Å². The van der Waals surface area contributed by atoms with E-state index < -0.39 is 11.5 Å². The van der Waals surface area contributed by atoms with Gasteiger partial charge in [-0.2, -0.15) is 9.78 Å². The molecule has 108 heavy (non-hydrogen) atoms. The molecular formula is C81H71ClN20O6. The lowest BCUT2D eigenvalue weighted by Crippen LogP contribution is -2.21. The number of imidazole rings is 4. The molecule has 0 fully saturated rings. The van der Waals surface area contributed by atoms with Crippen molar-refractivity contribution in [3.63, 3.8) is 0 Å². The van der Waals surface area contributed by atoms with Crippen molar-refractivity contribution in [2.45, 2.75) is 20.8 Å². The number of carbonyl (C=O) groups is 4. The lowest BCUT2D eigenvalue weighted by molar-refractivity contribution is 0.215. The number of nitrogens with one attached hydrogen (secondary N) is 5. The van der Waals surface area contributed by atoms with Crippen LogP contribution in [0.5, 0.6) is 11.5 Å². The Balaban J connectivity index is 0.000000126. The monoisotopic (exact) mass is 1450 g/mol. The summed E-state index contributed by atoms with van der Waals surface area (Å²) in [4.78, 5) is 67.8. The number of H-pyrrole nitrogens is 1. The van der Waals surface area contributed by atoms with Crippen LogP contribution < -0.4 is 47.9 Å². The van der Waals surface area contributed by atoms with Crippen LogP contribution in [0, 0.1) is 13.8 Å². The molecule has 0 radical (unpaired) electrons. The molecule has 0 bridgehead atoms. The van der Waals surface area contributed by atoms with Crippen molar-refractivity contribution in [3.05, 3.63) is 315 Å². The Morgan fingerprint density at radius 2 is 0.833 bits per heavy atom. The molecule has 0 spiro atoms. The lowest BCUT2D eigenvalue weighted by atomic mass is 10.2. The summed E-state index contributed by atoms with van der Waals surface area (Å²) in [7, 11) is 0. The van der Waals surface area contributed by atoms with Crippen molar-refractivity contribution < 1.29 is 28.7 Å². The fourth-order valence-electron chi connectivity index (χ4n) is 10.9. The topological polar surface area (TPSA) is 343 Å². The summed E-state index contributed by atoms with van der Waals surface area (Å²) in [6.45, 7) is 6.46. The first-order valence-electron chi connectivity index (χ1n) is 33.5. The molecule has 4 amide bonds. The van der Waals surface area contributed by atoms with Gasteiger partial charge >= 0.3 is 23.6 Å². The van der Waals surface area contributed by atoms with Crippen molar-refractivity contribution in [2.75, 3.05) is 39.3 Å². The Bertz CT molecular complexity index is 5790. The second-order valence-electron chi connectivity index (χ2n) is 23.9. The van der Waals surface area contributed by atoms with E-state index in [9.17, 15) is 19.2 Å². The van der Waals surface area contributed by atoms with E-state index in [-0.39, 0.29) is 12.1 Å². The fraction of sp³-hybridized carbons (Fsp3) is 0.0494. The van der Waals surface area contributed by atoms with E-state index in [1.54, 1.807) is 74.4 Å². The number of amides is 4. The number of urea groups is 1. The summed E-state index contributed by atoms with van der Waals surface area (Å²) in [5.74, 6) is 2.42. The number of rotatable bonds is 10. The Morgan fingerprint density at radius 1 is 0.444 bits per heavy atom. The number of ether oxygens (including phenoxy) is 2. The molecule has 0 unspecified atom stereocenters. The third kappa shape index (κ3) is 19.4. The van der Waals surface area contributed by atoms with Crippen LogP contribution in [0.4, 0.5) is 53.6 Å². The molecule has 27 heteroatoms. The third-order valence-electron chi connectivity index (χ3n) is 16.0. The van der Waals surface area contributed by atoms with E-state index in [0.29, 0.717) is 51.7 Å². The van der Waals surface area contributed by atoms with Crippen LogP contribution in [0.3, 0.4) is 0 Å². The van der Waals surface area contributed by atoms with Gasteiger partial charge in [-0.05, 0) is 202 Å². The largest absolute Gasteiger partial charge is 0.417 e. The predicted molar refractivity (Wildman–Crippen MR) is 425 cm³/mol. The number of halogens is 1. The zero-order valence-electron chi connectivity index (χ0n) is 58.4. The predicted octanol–water partition coefficient (Wildman–Crippen LogP) is 16.9. The normalized spacial score (nSPS) is 11.1. The lowest BCUT2D eigenvalue weighted by Gasteiger charge is -2.08. The van der Waals surface area contributed by atoms with Crippen molar-refractivity contribution >= 4 is 120 Å². The fourth-order valence-corrected chi connectivity index (χ4v) is 11.0. The van der Waals surface area contributed by atoms with Gasteiger partial charge in [-0.3, -0.25) is 39.0 Å². The average molecular weight is 1460 g/mol. The smallest absolute Gasteiger partial charge is 0.415 e. The van der Waals surface area contributed by atoms with Gasteiger partial charge in [0.15, 0.2) is 5.82 Å². The van der Waals surface area contributed by atoms with Crippen LogP contribution >= 0.6 is 11.6 Å². The SMILES string of the molecule is CC1=CC(N)=NC1.Cc1cc(N)nn1C(=O)Nc1ccc(-n2cnc3ccccc32)cc1.Cc1cc(NC(=O)Nc2ccc(-n3cnc4ccccc43)cc2)n[nH]1.Nc1ccc(-n2cnc3ccccc32)cc1.O=C(Cl)Oc1ccccc1.O=C(Nc1ccc(-n2cnc3ccccc32)cc1)Oc1ccccc1. The molecule has 0 atom stereocenters. The molecule has 26 nitrogen and oxygen atoms in total. The van der Waals surface area contributed by atoms with Gasteiger partial charge in [-0.1, -0.05) is 84.9 Å². The minimum atomic E-state index is -0.814. The van der Waals surface area contributed by atoms with Crippen molar-refractivity contribution in [3.8, 4) is 34.2 Å². The molecule has 7 heterocycles. The number of amidine groups is 1. The summed E-state index contributed by atoms with van der Waals surface area (Å²) in [5, 5.41) is 21.7.